The predicted molar refractivity (Wildman–Crippen MR) is 143 cm³/mol. The van der Waals surface area contributed by atoms with Gasteiger partial charge in [0.2, 0.25) is 0 Å². The lowest BCUT2D eigenvalue weighted by molar-refractivity contribution is 0.102. The molecule has 0 saturated heterocycles. The van der Waals surface area contributed by atoms with Gasteiger partial charge in [-0.25, -0.2) is 14.5 Å². The number of pyridine rings is 1. The maximum absolute atomic E-state index is 13.2. The van der Waals surface area contributed by atoms with Gasteiger partial charge in [-0.15, -0.1) is 5.10 Å². The van der Waals surface area contributed by atoms with E-state index in [0.29, 0.717) is 22.8 Å². The number of nitrogens with one attached hydrogen (secondary N) is 3. The number of nitrogens with zero attached hydrogens (tertiary/aromatic N) is 5. The van der Waals surface area contributed by atoms with Crippen LogP contribution >= 0.6 is 0 Å². The lowest BCUT2D eigenvalue weighted by Crippen LogP contribution is -2.33. The Morgan fingerprint density at radius 1 is 1.00 bits per heavy atom. The number of benzene rings is 1. The van der Waals surface area contributed by atoms with Crippen LogP contribution in [-0.2, 0) is 0 Å². The normalized spacial score (nSPS) is 17.5. The van der Waals surface area contributed by atoms with Crippen molar-refractivity contribution in [3.8, 4) is 0 Å². The minimum absolute atomic E-state index is 0.263. The number of amides is 1. The molecule has 0 bridgehead atoms. The molecular formula is C26H31N9O. The first-order valence-electron chi connectivity index (χ1n) is 12.1. The molecule has 0 spiro atoms. The van der Waals surface area contributed by atoms with E-state index in [1.165, 1.54) is 0 Å². The van der Waals surface area contributed by atoms with E-state index in [9.17, 15) is 4.79 Å². The number of rotatable bonds is 7. The van der Waals surface area contributed by atoms with E-state index in [1.54, 1.807) is 16.9 Å². The molecule has 0 aliphatic heterocycles. The maximum atomic E-state index is 13.2. The molecule has 3 aromatic heterocycles. The Kier molecular flexibility index (Phi) is 6.68. The quantitative estimate of drug-likeness (QED) is 0.311. The number of carbonyl (C=O) groups excluding carboxylic acids is 1. The largest absolute Gasteiger partial charge is 0.366 e. The van der Waals surface area contributed by atoms with Crippen LogP contribution in [0.5, 0.6) is 0 Å². The summed E-state index contributed by atoms with van der Waals surface area (Å²) in [5.74, 6) is 1.16. The summed E-state index contributed by atoms with van der Waals surface area (Å²) in [7, 11) is 3.83. The molecule has 1 fully saturated rings. The molecule has 10 nitrogen and oxygen atoms in total. The Morgan fingerprint density at radius 2 is 1.78 bits per heavy atom. The van der Waals surface area contributed by atoms with E-state index in [2.05, 4.69) is 25.9 Å². The smallest absolute Gasteiger partial charge is 0.276 e. The van der Waals surface area contributed by atoms with Gasteiger partial charge in [-0.1, -0.05) is 18.2 Å². The van der Waals surface area contributed by atoms with Crippen LogP contribution in [-0.4, -0.2) is 51.7 Å². The number of carbonyl (C=O) groups is 1. The summed E-state index contributed by atoms with van der Waals surface area (Å²) >= 11 is 0. The molecule has 10 heteroatoms. The number of para-hydroxylation sites is 1. The molecular weight excluding hydrogens is 454 g/mol. The van der Waals surface area contributed by atoms with Crippen molar-refractivity contribution < 1.29 is 4.79 Å². The zero-order valence-corrected chi connectivity index (χ0v) is 20.5. The van der Waals surface area contributed by atoms with Crippen molar-refractivity contribution in [1.82, 2.24) is 19.6 Å². The van der Waals surface area contributed by atoms with Crippen molar-refractivity contribution in [2.75, 3.05) is 34.9 Å². The van der Waals surface area contributed by atoms with Crippen LogP contribution in [0.1, 0.15) is 36.2 Å². The fourth-order valence-electron chi connectivity index (χ4n) is 4.36. The maximum Gasteiger partial charge on any atom is 0.276 e. The van der Waals surface area contributed by atoms with Gasteiger partial charge in [-0.2, -0.15) is 0 Å². The summed E-state index contributed by atoms with van der Waals surface area (Å²) in [5.41, 5.74) is 9.23. The lowest BCUT2D eigenvalue weighted by atomic mass is 9.92. The first-order chi connectivity index (χ1) is 17.5. The van der Waals surface area contributed by atoms with Crippen LogP contribution in [0, 0.1) is 0 Å². The van der Waals surface area contributed by atoms with Crippen molar-refractivity contribution >= 4 is 40.3 Å². The average molecular weight is 486 g/mol. The van der Waals surface area contributed by atoms with Gasteiger partial charge in [0.15, 0.2) is 11.3 Å². The summed E-state index contributed by atoms with van der Waals surface area (Å²) in [6.45, 7) is 0. The number of fused-ring (bicyclic) bond motifs is 1. The van der Waals surface area contributed by atoms with Gasteiger partial charge in [0.05, 0.1) is 23.8 Å². The SMILES string of the molecule is CN(C)c1ccc(NC(=O)c2cnc3c(Nc4ccccc4)cc(NC4CCC(N)CC4)nn23)cn1. The van der Waals surface area contributed by atoms with Crippen LogP contribution in [0.4, 0.5) is 28.7 Å². The Labute approximate surface area is 209 Å². The van der Waals surface area contributed by atoms with Gasteiger partial charge in [0, 0.05) is 37.9 Å². The zero-order chi connectivity index (χ0) is 25.1. The highest BCUT2D eigenvalue weighted by Crippen LogP contribution is 2.27. The van der Waals surface area contributed by atoms with Crippen molar-refractivity contribution in [2.24, 2.45) is 5.73 Å². The average Bonchev–Trinajstić information content (AvgIpc) is 3.31. The molecule has 3 heterocycles. The lowest BCUT2D eigenvalue weighted by Gasteiger charge is -2.27. The van der Waals surface area contributed by atoms with Crippen molar-refractivity contribution in [1.29, 1.82) is 0 Å². The third-order valence-electron chi connectivity index (χ3n) is 6.34. The predicted octanol–water partition coefficient (Wildman–Crippen LogP) is 3.87. The highest BCUT2D eigenvalue weighted by molar-refractivity contribution is 6.03. The molecule has 4 aromatic rings. The molecule has 1 aliphatic rings. The standard InChI is InChI=1S/C26H31N9O/c1-34(2)24-13-12-20(15-28-24)32-26(36)22-16-29-25-21(30-18-6-4-3-5-7-18)14-23(33-35(22)25)31-19-10-8-17(27)9-11-19/h3-7,12-17,19,30H,8-11,27H2,1-2H3,(H,31,33)(H,32,36). The Hall–Kier alpha value is -4.18. The molecule has 5 rings (SSSR count). The Bertz CT molecular complexity index is 1330. The van der Waals surface area contributed by atoms with Crippen LogP contribution in [0.3, 0.4) is 0 Å². The number of hydrogen-bond acceptors (Lipinski definition) is 8. The number of imidazole rings is 1. The van der Waals surface area contributed by atoms with E-state index in [4.69, 9.17) is 10.8 Å². The monoisotopic (exact) mass is 485 g/mol. The number of hydrogen-bond donors (Lipinski definition) is 4. The van der Waals surface area contributed by atoms with Gasteiger partial charge in [-0.3, -0.25) is 4.79 Å². The molecule has 36 heavy (non-hydrogen) atoms. The molecule has 5 N–H and O–H groups in total. The molecule has 1 aromatic carbocycles. The summed E-state index contributed by atoms with van der Waals surface area (Å²) in [6, 6.07) is 16.0. The molecule has 1 saturated carbocycles. The molecule has 186 valence electrons. The van der Waals surface area contributed by atoms with Crippen LogP contribution < -0.4 is 26.6 Å². The van der Waals surface area contributed by atoms with E-state index in [1.807, 2.05) is 67.5 Å². The van der Waals surface area contributed by atoms with Crippen LogP contribution in [0.25, 0.3) is 5.65 Å². The third-order valence-corrected chi connectivity index (χ3v) is 6.34. The summed E-state index contributed by atoms with van der Waals surface area (Å²) in [5, 5.41) is 14.6. The summed E-state index contributed by atoms with van der Waals surface area (Å²) in [6.07, 6.45) is 7.10. The summed E-state index contributed by atoms with van der Waals surface area (Å²) < 4.78 is 1.58. The molecule has 0 atom stereocenters. The fourth-order valence-corrected chi connectivity index (χ4v) is 4.36. The molecule has 0 radical (unpaired) electrons. The van der Waals surface area contributed by atoms with Crippen molar-refractivity contribution in [3.63, 3.8) is 0 Å². The second-order valence-corrected chi connectivity index (χ2v) is 9.32. The first-order valence-corrected chi connectivity index (χ1v) is 12.1. The number of nitrogens with two attached hydrogens (primary N) is 1. The second-order valence-electron chi connectivity index (χ2n) is 9.32. The second kappa shape index (κ2) is 10.2. The highest BCUT2D eigenvalue weighted by Gasteiger charge is 2.21. The molecule has 1 amide bonds. The minimum atomic E-state index is -0.319. The minimum Gasteiger partial charge on any atom is -0.366 e. The van der Waals surface area contributed by atoms with Crippen LogP contribution in [0.2, 0.25) is 0 Å². The highest BCUT2D eigenvalue weighted by atomic mass is 16.2. The molecule has 0 unspecified atom stereocenters. The molecule has 1 aliphatic carbocycles. The van der Waals surface area contributed by atoms with Gasteiger partial charge >= 0.3 is 0 Å². The van der Waals surface area contributed by atoms with E-state index in [-0.39, 0.29) is 18.0 Å². The number of anilines is 5. The topological polar surface area (TPSA) is 126 Å². The van der Waals surface area contributed by atoms with E-state index in [0.717, 1.165) is 42.9 Å². The number of aromatic nitrogens is 4. The van der Waals surface area contributed by atoms with Gasteiger partial charge in [0.25, 0.3) is 5.91 Å². The van der Waals surface area contributed by atoms with Crippen LogP contribution in [0.15, 0.2) is 60.9 Å². The fraction of sp³-hybridized carbons (Fsp3) is 0.308. The zero-order valence-electron chi connectivity index (χ0n) is 20.5. The Balaban J connectivity index is 1.46. The van der Waals surface area contributed by atoms with E-state index >= 15 is 0 Å². The first kappa shape index (κ1) is 23.6. The van der Waals surface area contributed by atoms with Gasteiger partial charge in [-0.05, 0) is 49.9 Å². The summed E-state index contributed by atoms with van der Waals surface area (Å²) in [4.78, 5) is 24.0. The third kappa shape index (κ3) is 5.23. The van der Waals surface area contributed by atoms with Gasteiger partial charge in [0.1, 0.15) is 11.6 Å². The van der Waals surface area contributed by atoms with E-state index < -0.39 is 0 Å². The Morgan fingerprint density at radius 3 is 2.47 bits per heavy atom. The van der Waals surface area contributed by atoms with Crippen molar-refractivity contribution in [2.45, 2.75) is 37.8 Å². The van der Waals surface area contributed by atoms with Gasteiger partial charge < -0.3 is 26.6 Å². The van der Waals surface area contributed by atoms with Crippen molar-refractivity contribution in [3.05, 3.63) is 66.6 Å².